The Morgan fingerprint density at radius 2 is 1.42 bits per heavy atom. The number of carboxylic acids is 2. The van der Waals surface area contributed by atoms with Crippen LogP contribution in [0.5, 0.6) is 0 Å². The summed E-state index contributed by atoms with van der Waals surface area (Å²) in [5.74, 6) is -3.58. The topological polar surface area (TPSA) is 94.8 Å². The summed E-state index contributed by atoms with van der Waals surface area (Å²) in [5.41, 5.74) is 0. The number of hydrogen-bond donors (Lipinski definition) is 3. The Kier molecular flexibility index (Phi) is 3.85. The zero-order valence-electron chi connectivity index (χ0n) is 5.69. The summed E-state index contributed by atoms with van der Waals surface area (Å²) in [5, 5.41) is 24.4. The molecule has 0 saturated carbocycles. The first kappa shape index (κ1) is 10.5. The van der Waals surface area contributed by atoms with E-state index in [1.54, 1.807) is 0 Å². The minimum absolute atomic E-state index is 0.391. The lowest BCUT2D eigenvalue weighted by atomic mass is 10.4. The fourth-order valence-electron chi connectivity index (χ4n) is 0.368. The van der Waals surface area contributed by atoms with Crippen LogP contribution in [0.3, 0.4) is 0 Å². The van der Waals surface area contributed by atoms with Gasteiger partial charge in [0, 0.05) is 6.08 Å². The number of carbonyl (C=O) groups is 2. The monoisotopic (exact) mass is 192 g/mol. The molecule has 5 nitrogen and oxygen atoms in total. The second kappa shape index (κ2) is 4.40. The van der Waals surface area contributed by atoms with Gasteiger partial charge in [0.2, 0.25) is 0 Å². The van der Waals surface area contributed by atoms with Crippen LogP contribution in [0.15, 0.2) is 22.9 Å². The quantitative estimate of drug-likeness (QED) is 0.348. The van der Waals surface area contributed by atoms with E-state index in [-0.39, 0.29) is 0 Å². The Bertz CT molecular complexity index is 237. The third-order valence-corrected chi connectivity index (χ3v) is 1.06. The largest absolute Gasteiger partial charge is 0.506 e. The van der Waals surface area contributed by atoms with Crippen LogP contribution in [0.1, 0.15) is 0 Å². The van der Waals surface area contributed by atoms with Gasteiger partial charge in [-0.2, -0.15) is 0 Å². The van der Waals surface area contributed by atoms with Gasteiger partial charge >= 0.3 is 11.9 Å². The molecule has 0 aromatic rings. The smallest absolute Gasteiger partial charge is 0.332 e. The normalized spacial score (nSPS) is 12.8. The second-order valence-corrected chi connectivity index (χ2v) is 2.11. The Hall–Kier alpha value is -1.49. The number of aliphatic hydroxyl groups is 1. The molecule has 0 heterocycles. The van der Waals surface area contributed by atoms with E-state index in [2.05, 4.69) is 0 Å². The molecule has 0 aromatic heterocycles. The van der Waals surface area contributed by atoms with Gasteiger partial charge in [0.15, 0.2) is 0 Å². The van der Waals surface area contributed by atoms with Crippen LogP contribution in [0, 0.1) is 0 Å². The van der Waals surface area contributed by atoms with E-state index in [1.807, 2.05) is 0 Å². The zero-order valence-corrected chi connectivity index (χ0v) is 6.45. The Morgan fingerprint density at radius 1 is 1.00 bits per heavy atom. The van der Waals surface area contributed by atoms with E-state index in [9.17, 15) is 9.59 Å². The van der Waals surface area contributed by atoms with Gasteiger partial charge in [0.1, 0.15) is 5.76 Å². The van der Waals surface area contributed by atoms with E-state index in [0.29, 0.717) is 12.2 Å². The number of carboxylic acid groups (broad SMARTS) is 2. The standard InChI is InChI=1S/C6H5ClO5/c7-3(1-5(9)10)4(8)2-6(11)12/h1-2,8H,(H,9,10)(H,11,12)/b3-1-,4-2-. The molecule has 0 bridgehead atoms. The molecule has 0 saturated heterocycles. The van der Waals surface area contributed by atoms with Crippen molar-refractivity contribution in [3.8, 4) is 0 Å². The number of halogens is 1. The minimum Gasteiger partial charge on any atom is -0.506 e. The van der Waals surface area contributed by atoms with Crippen molar-refractivity contribution in [3.63, 3.8) is 0 Å². The number of allylic oxidation sites excluding steroid dienone is 1. The average molecular weight is 193 g/mol. The first-order valence-electron chi connectivity index (χ1n) is 2.67. The number of hydrogen-bond acceptors (Lipinski definition) is 3. The number of rotatable bonds is 3. The van der Waals surface area contributed by atoms with Crippen molar-refractivity contribution in [1.82, 2.24) is 0 Å². The highest BCUT2D eigenvalue weighted by atomic mass is 35.5. The van der Waals surface area contributed by atoms with Crippen molar-refractivity contribution < 1.29 is 24.9 Å². The van der Waals surface area contributed by atoms with Crippen molar-refractivity contribution in [2.24, 2.45) is 0 Å². The Morgan fingerprint density at radius 3 is 1.75 bits per heavy atom. The summed E-state index contributed by atoms with van der Waals surface area (Å²) in [4.78, 5) is 19.9. The van der Waals surface area contributed by atoms with E-state index >= 15 is 0 Å². The second-order valence-electron chi connectivity index (χ2n) is 1.70. The lowest BCUT2D eigenvalue weighted by Crippen LogP contribution is -1.95. The summed E-state index contributed by atoms with van der Waals surface area (Å²) in [6.07, 6.45) is 0.873. The van der Waals surface area contributed by atoms with Gasteiger partial charge in [-0.1, -0.05) is 11.6 Å². The molecule has 0 amide bonds. The first-order valence-corrected chi connectivity index (χ1v) is 3.05. The summed E-state index contributed by atoms with van der Waals surface area (Å²) < 4.78 is 0. The molecule has 0 aromatic carbocycles. The molecule has 0 aliphatic heterocycles. The van der Waals surface area contributed by atoms with Gasteiger partial charge in [-0.3, -0.25) is 0 Å². The lowest BCUT2D eigenvalue weighted by Gasteiger charge is -1.93. The molecule has 0 fully saturated rings. The molecule has 0 aliphatic carbocycles. The Balaban J connectivity index is 4.59. The fraction of sp³-hybridized carbons (Fsp3) is 0. The maximum Gasteiger partial charge on any atom is 0.332 e. The first-order chi connectivity index (χ1) is 5.43. The van der Waals surface area contributed by atoms with Gasteiger partial charge < -0.3 is 15.3 Å². The highest BCUT2D eigenvalue weighted by Gasteiger charge is 2.03. The zero-order chi connectivity index (χ0) is 9.72. The van der Waals surface area contributed by atoms with Crippen LogP contribution in [-0.2, 0) is 9.59 Å². The van der Waals surface area contributed by atoms with E-state index in [4.69, 9.17) is 26.9 Å². The molecule has 0 spiro atoms. The molecule has 0 aliphatic rings. The number of aliphatic carboxylic acids is 2. The minimum atomic E-state index is -1.41. The average Bonchev–Trinajstić information content (AvgIpc) is 1.84. The van der Waals surface area contributed by atoms with Crippen molar-refractivity contribution >= 4 is 23.5 Å². The van der Waals surface area contributed by atoms with E-state index in [0.717, 1.165) is 0 Å². The Labute approximate surface area is 72.2 Å². The predicted molar refractivity (Wildman–Crippen MR) is 39.9 cm³/mol. The molecule has 0 atom stereocenters. The molecule has 12 heavy (non-hydrogen) atoms. The van der Waals surface area contributed by atoms with Crippen LogP contribution >= 0.6 is 11.6 Å². The molecule has 3 N–H and O–H groups in total. The van der Waals surface area contributed by atoms with Crippen LogP contribution in [-0.4, -0.2) is 27.3 Å². The third kappa shape index (κ3) is 4.35. The van der Waals surface area contributed by atoms with Crippen molar-refractivity contribution in [3.05, 3.63) is 22.9 Å². The molecule has 0 rings (SSSR count). The molecule has 6 heteroatoms. The van der Waals surface area contributed by atoms with Gasteiger partial charge in [-0.15, -0.1) is 0 Å². The van der Waals surface area contributed by atoms with Crippen molar-refractivity contribution in [2.45, 2.75) is 0 Å². The third-order valence-electron chi connectivity index (χ3n) is 0.755. The summed E-state index contributed by atoms with van der Waals surface area (Å²) in [6, 6.07) is 0. The molecule has 0 radical (unpaired) electrons. The van der Waals surface area contributed by atoms with Gasteiger partial charge in [-0.05, 0) is 0 Å². The van der Waals surface area contributed by atoms with Crippen molar-refractivity contribution in [1.29, 1.82) is 0 Å². The summed E-state index contributed by atoms with van der Waals surface area (Å²) >= 11 is 5.17. The fourth-order valence-corrected chi connectivity index (χ4v) is 0.516. The van der Waals surface area contributed by atoms with Crippen molar-refractivity contribution in [2.75, 3.05) is 0 Å². The number of aliphatic hydroxyl groups excluding tert-OH is 1. The summed E-state index contributed by atoms with van der Waals surface area (Å²) in [7, 11) is 0. The maximum atomic E-state index is 9.95. The predicted octanol–water partition coefficient (Wildman–Crippen LogP) is 0.720. The van der Waals surface area contributed by atoms with E-state index < -0.39 is 22.7 Å². The molecule has 66 valence electrons. The van der Waals surface area contributed by atoms with E-state index in [1.165, 1.54) is 0 Å². The van der Waals surface area contributed by atoms with Crippen LogP contribution < -0.4 is 0 Å². The summed E-state index contributed by atoms with van der Waals surface area (Å²) in [6.45, 7) is 0. The highest BCUT2D eigenvalue weighted by Crippen LogP contribution is 2.10. The molecular weight excluding hydrogens is 188 g/mol. The van der Waals surface area contributed by atoms with Gasteiger partial charge in [0.25, 0.3) is 0 Å². The van der Waals surface area contributed by atoms with Crippen LogP contribution in [0.25, 0.3) is 0 Å². The lowest BCUT2D eigenvalue weighted by molar-refractivity contribution is -0.132. The highest BCUT2D eigenvalue weighted by molar-refractivity contribution is 6.33. The van der Waals surface area contributed by atoms with Crippen LogP contribution in [0.4, 0.5) is 0 Å². The molecular formula is C6H5ClO5. The van der Waals surface area contributed by atoms with Gasteiger partial charge in [0.05, 0.1) is 11.1 Å². The SMILES string of the molecule is O=C(O)/C=C(O)/C(Cl)=C/C(=O)O. The van der Waals surface area contributed by atoms with Gasteiger partial charge in [-0.25, -0.2) is 9.59 Å². The molecule has 0 unspecified atom stereocenters. The maximum absolute atomic E-state index is 9.95. The van der Waals surface area contributed by atoms with Crippen LogP contribution in [0.2, 0.25) is 0 Å².